The fourth-order valence-electron chi connectivity index (χ4n) is 1.37. The summed E-state index contributed by atoms with van der Waals surface area (Å²) in [6.07, 6.45) is 3.04. The van der Waals surface area contributed by atoms with Gasteiger partial charge in [-0.25, -0.2) is 0 Å². The maximum Gasteiger partial charge on any atom is 0.0561 e. The highest BCUT2D eigenvalue weighted by Crippen LogP contribution is 2.22. The maximum absolute atomic E-state index is 5.51. The lowest BCUT2D eigenvalue weighted by atomic mass is 10.1. The topological polar surface area (TPSA) is 9.23 Å². The Morgan fingerprint density at radius 3 is 2.00 bits per heavy atom. The zero-order chi connectivity index (χ0) is 6.85. The first kappa shape index (κ1) is 7.42. The Morgan fingerprint density at radius 2 is 1.67 bits per heavy atom. The third-order valence-corrected chi connectivity index (χ3v) is 2.09. The molecule has 0 aromatic rings. The number of hydrogen-bond donors (Lipinski definition) is 1. The quantitative estimate of drug-likeness (QED) is 0.513. The van der Waals surface area contributed by atoms with Gasteiger partial charge in [0.25, 0.3) is 0 Å². The fraction of sp³-hybridized carbons (Fsp3) is 1.00. The monoisotopic (exact) mass is 146 g/mol. The molecule has 1 rings (SSSR count). The minimum Gasteiger partial charge on any atom is -0.375 e. The number of thiol groups is 1. The van der Waals surface area contributed by atoms with Crippen LogP contribution in [-0.2, 0) is 4.74 Å². The molecule has 0 N–H and O–H groups in total. The van der Waals surface area contributed by atoms with E-state index in [9.17, 15) is 0 Å². The van der Waals surface area contributed by atoms with Crippen molar-refractivity contribution in [1.29, 1.82) is 0 Å². The van der Waals surface area contributed by atoms with Crippen LogP contribution in [0.1, 0.15) is 26.7 Å². The van der Waals surface area contributed by atoms with E-state index < -0.39 is 0 Å². The van der Waals surface area contributed by atoms with Gasteiger partial charge < -0.3 is 4.74 Å². The minimum atomic E-state index is 0.413. The standard InChI is InChI=1S/C7H14OS/c1-5-3-7(9)4-6(2)8-5/h5-7,9H,3-4H2,1-2H3. The average molecular weight is 146 g/mol. The van der Waals surface area contributed by atoms with Crippen molar-refractivity contribution in [3.63, 3.8) is 0 Å². The van der Waals surface area contributed by atoms with E-state index in [1.807, 2.05) is 0 Å². The first-order valence-corrected chi connectivity index (χ1v) is 4.03. The van der Waals surface area contributed by atoms with Gasteiger partial charge in [0.2, 0.25) is 0 Å². The molecule has 1 fully saturated rings. The Hall–Kier alpha value is 0.310. The van der Waals surface area contributed by atoms with Crippen LogP contribution in [0.5, 0.6) is 0 Å². The van der Waals surface area contributed by atoms with E-state index in [0.29, 0.717) is 17.5 Å². The zero-order valence-corrected chi connectivity index (χ0v) is 6.90. The molecule has 0 bridgehead atoms. The molecule has 0 aliphatic carbocycles. The van der Waals surface area contributed by atoms with E-state index in [2.05, 4.69) is 26.5 Å². The molecule has 2 heteroatoms. The van der Waals surface area contributed by atoms with Gasteiger partial charge in [0, 0.05) is 5.25 Å². The molecule has 0 spiro atoms. The number of ether oxygens (including phenoxy) is 1. The summed E-state index contributed by atoms with van der Waals surface area (Å²) < 4.78 is 5.51. The molecular weight excluding hydrogens is 132 g/mol. The Kier molecular flexibility index (Phi) is 2.42. The Morgan fingerprint density at radius 1 is 1.22 bits per heavy atom. The van der Waals surface area contributed by atoms with Crippen molar-refractivity contribution in [3.8, 4) is 0 Å². The first-order valence-electron chi connectivity index (χ1n) is 3.52. The molecule has 0 radical (unpaired) electrons. The van der Waals surface area contributed by atoms with Crippen molar-refractivity contribution < 1.29 is 4.74 Å². The highest BCUT2D eigenvalue weighted by atomic mass is 32.1. The molecule has 1 nitrogen and oxygen atoms in total. The molecule has 1 saturated heterocycles. The summed E-state index contributed by atoms with van der Waals surface area (Å²) in [5.74, 6) is 0. The van der Waals surface area contributed by atoms with Crippen LogP contribution < -0.4 is 0 Å². The Bertz CT molecular complexity index is 69.9. The lowest BCUT2D eigenvalue weighted by Gasteiger charge is -2.29. The van der Waals surface area contributed by atoms with Gasteiger partial charge in [-0.05, 0) is 26.7 Å². The van der Waals surface area contributed by atoms with E-state index in [-0.39, 0.29) is 0 Å². The summed E-state index contributed by atoms with van der Waals surface area (Å²) in [4.78, 5) is 0. The van der Waals surface area contributed by atoms with E-state index in [1.54, 1.807) is 0 Å². The molecule has 1 heterocycles. The van der Waals surface area contributed by atoms with Crippen molar-refractivity contribution in [2.24, 2.45) is 0 Å². The lowest BCUT2D eigenvalue weighted by molar-refractivity contribution is -0.0262. The SMILES string of the molecule is CC1CC(S)CC(C)O1. The van der Waals surface area contributed by atoms with E-state index in [1.165, 1.54) is 0 Å². The number of rotatable bonds is 0. The van der Waals surface area contributed by atoms with Gasteiger partial charge in [-0.1, -0.05) is 0 Å². The molecule has 54 valence electrons. The molecule has 0 amide bonds. The second kappa shape index (κ2) is 2.93. The molecule has 0 saturated carbocycles. The second-order valence-corrected chi connectivity index (χ2v) is 3.61. The van der Waals surface area contributed by atoms with Crippen LogP contribution in [0.4, 0.5) is 0 Å². The molecule has 9 heavy (non-hydrogen) atoms. The van der Waals surface area contributed by atoms with E-state index in [0.717, 1.165) is 12.8 Å². The third-order valence-electron chi connectivity index (χ3n) is 1.67. The van der Waals surface area contributed by atoms with Gasteiger partial charge in [0.1, 0.15) is 0 Å². The molecule has 2 atom stereocenters. The van der Waals surface area contributed by atoms with Gasteiger partial charge in [-0.2, -0.15) is 12.6 Å². The predicted octanol–water partition coefficient (Wildman–Crippen LogP) is 1.87. The van der Waals surface area contributed by atoms with Crippen molar-refractivity contribution >= 4 is 12.6 Å². The van der Waals surface area contributed by atoms with Gasteiger partial charge in [0.05, 0.1) is 12.2 Å². The highest BCUT2D eigenvalue weighted by Gasteiger charge is 2.20. The van der Waals surface area contributed by atoms with Crippen LogP contribution in [0.2, 0.25) is 0 Å². The van der Waals surface area contributed by atoms with Gasteiger partial charge in [-0.15, -0.1) is 0 Å². The van der Waals surface area contributed by atoms with Crippen LogP contribution >= 0.6 is 12.6 Å². The largest absolute Gasteiger partial charge is 0.375 e. The van der Waals surface area contributed by atoms with Crippen LogP contribution in [0, 0.1) is 0 Å². The van der Waals surface area contributed by atoms with Crippen molar-refractivity contribution in [2.75, 3.05) is 0 Å². The summed E-state index contributed by atoms with van der Waals surface area (Å²) >= 11 is 4.40. The predicted molar refractivity (Wildman–Crippen MR) is 42.0 cm³/mol. The second-order valence-electron chi connectivity index (χ2n) is 2.88. The van der Waals surface area contributed by atoms with Crippen molar-refractivity contribution in [1.82, 2.24) is 0 Å². The van der Waals surface area contributed by atoms with Crippen LogP contribution in [0.3, 0.4) is 0 Å². The Labute approximate surface area is 62.2 Å². The normalized spacial score (nSPS) is 45.0. The van der Waals surface area contributed by atoms with Crippen LogP contribution in [-0.4, -0.2) is 17.5 Å². The fourth-order valence-corrected chi connectivity index (χ4v) is 1.96. The van der Waals surface area contributed by atoms with Crippen LogP contribution in [0.15, 0.2) is 0 Å². The molecule has 1 aliphatic heterocycles. The maximum atomic E-state index is 5.51. The Balaban J connectivity index is 2.34. The minimum absolute atomic E-state index is 0.413. The molecule has 0 aromatic heterocycles. The molecule has 0 aromatic carbocycles. The lowest BCUT2D eigenvalue weighted by Crippen LogP contribution is -2.29. The summed E-state index contributed by atoms with van der Waals surface area (Å²) in [7, 11) is 0. The zero-order valence-electron chi connectivity index (χ0n) is 6.00. The first-order chi connectivity index (χ1) is 4.18. The van der Waals surface area contributed by atoms with Crippen molar-refractivity contribution in [2.45, 2.75) is 44.1 Å². The highest BCUT2D eigenvalue weighted by molar-refractivity contribution is 7.80. The van der Waals surface area contributed by atoms with Crippen LogP contribution in [0.25, 0.3) is 0 Å². The van der Waals surface area contributed by atoms with E-state index >= 15 is 0 Å². The summed E-state index contributed by atoms with van der Waals surface area (Å²) in [5.41, 5.74) is 0. The summed E-state index contributed by atoms with van der Waals surface area (Å²) in [6, 6.07) is 0. The third kappa shape index (κ3) is 2.18. The van der Waals surface area contributed by atoms with E-state index in [4.69, 9.17) is 4.74 Å². The molecular formula is C7H14OS. The van der Waals surface area contributed by atoms with Gasteiger partial charge >= 0.3 is 0 Å². The van der Waals surface area contributed by atoms with Crippen molar-refractivity contribution in [3.05, 3.63) is 0 Å². The van der Waals surface area contributed by atoms with Gasteiger partial charge in [0.15, 0.2) is 0 Å². The summed E-state index contributed by atoms with van der Waals surface area (Å²) in [5, 5.41) is 0.559. The average Bonchev–Trinajstić information content (AvgIpc) is 1.59. The number of hydrogen-bond acceptors (Lipinski definition) is 2. The molecule has 2 unspecified atom stereocenters. The summed E-state index contributed by atoms with van der Waals surface area (Å²) in [6.45, 7) is 4.22. The molecule has 1 aliphatic rings. The smallest absolute Gasteiger partial charge is 0.0561 e. The van der Waals surface area contributed by atoms with Gasteiger partial charge in [-0.3, -0.25) is 0 Å².